The van der Waals surface area contributed by atoms with Gasteiger partial charge in [0.2, 0.25) is 5.91 Å². The van der Waals surface area contributed by atoms with Gasteiger partial charge in [-0.3, -0.25) is 19.2 Å². The number of rotatable bonds is 17. The number of anilines is 3. The lowest BCUT2D eigenvalue weighted by atomic mass is 10.0. The lowest BCUT2D eigenvalue weighted by Gasteiger charge is -2.27. The van der Waals surface area contributed by atoms with Crippen molar-refractivity contribution in [2.24, 2.45) is 0 Å². The first-order chi connectivity index (χ1) is 26.9. The molecule has 0 radical (unpaired) electrons. The molecule has 1 aromatic carbocycles. The predicted molar refractivity (Wildman–Crippen MR) is 220 cm³/mol. The molecule has 57 heavy (non-hydrogen) atoms. The van der Waals surface area contributed by atoms with Crippen LogP contribution < -0.4 is 26.0 Å². The van der Waals surface area contributed by atoms with Crippen LogP contribution in [0.2, 0.25) is 0 Å². The fraction of sp³-hybridized carbons (Fsp3) is 0.474. The molecule has 3 atom stereocenters. The Kier molecular flexibility index (Phi) is 13.7. The van der Waals surface area contributed by atoms with Crippen LogP contribution in [-0.2, 0) is 43.8 Å². The van der Waals surface area contributed by atoms with Gasteiger partial charge < -0.3 is 35.9 Å². The first-order valence-electron chi connectivity index (χ1n) is 18.9. The van der Waals surface area contributed by atoms with Crippen molar-refractivity contribution in [3.63, 3.8) is 0 Å². The topological polar surface area (TPSA) is 225 Å². The van der Waals surface area contributed by atoms with E-state index >= 15 is 0 Å². The smallest absolute Gasteiger partial charge is 0.307 e. The molecule has 0 unspecified atom stereocenters. The number of fused-ring (bicyclic) bond motifs is 2. The molecule has 3 amide bonds. The van der Waals surface area contributed by atoms with Crippen LogP contribution in [0.15, 0.2) is 32.7 Å². The number of aryl methyl sites for hydroxylation is 1. The molecular formula is C38H51N7O9S3. The zero-order valence-electron chi connectivity index (χ0n) is 33.1. The average molecular weight is 846 g/mol. The van der Waals surface area contributed by atoms with Crippen LogP contribution in [-0.4, -0.2) is 94.5 Å². The Morgan fingerprint density at radius 3 is 2.51 bits per heavy atom. The SMILES string of the molecule is CCN[C@H]1C[C@H](C)S(=O)(=O)c2sc(S(=O)(=O)NC(=O)[C@@H](C)OC(=O)CCC(=O)Nc3ccc4c(c3)/C(=C/c3[nH]c(C)c(NCCN(CC)CC)c3C)C(=O)N4)cc21. The third-order valence-electron chi connectivity index (χ3n) is 10.1. The molecule has 0 saturated carbocycles. The van der Waals surface area contributed by atoms with Crippen molar-refractivity contribution in [2.45, 2.75) is 93.5 Å². The molecule has 2 aromatic heterocycles. The standard InChI is InChI=1S/C38H51N7O9S3/c1-8-39-31-17-21(4)56(50,51)38-28(31)20-34(55-38)57(52,53)44-36(48)24(7)54-33(47)14-13-32(46)42-25-11-12-29-26(18-25)27(37(49)43-29)19-30-22(5)35(23(6)41-30)40-15-16-45(9-2)10-3/h11-12,18-21,24,31,39-41H,8-10,13-17H2,1-7H3,(H,42,46)(H,43,49)(H,44,48)/b27-19-/t21-,24+,31-/m0/s1. The van der Waals surface area contributed by atoms with Crippen molar-refractivity contribution in [2.75, 3.05) is 48.7 Å². The van der Waals surface area contributed by atoms with E-state index in [0.717, 1.165) is 48.8 Å². The Hall–Kier alpha value is -4.56. The van der Waals surface area contributed by atoms with Crippen LogP contribution in [0.4, 0.5) is 17.1 Å². The molecule has 0 spiro atoms. The number of benzene rings is 1. The number of thiophene rings is 1. The fourth-order valence-electron chi connectivity index (χ4n) is 6.80. The number of sulfone groups is 1. The zero-order chi connectivity index (χ0) is 41.8. The highest BCUT2D eigenvalue weighted by Gasteiger charge is 2.40. The highest BCUT2D eigenvalue weighted by molar-refractivity contribution is 7.95. The summed E-state index contributed by atoms with van der Waals surface area (Å²) in [6.45, 7) is 16.9. The number of nitrogens with zero attached hydrogens (tertiary/aromatic N) is 1. The first kappa shape index (κ1) is 43.6. The number of hydrogen-bond donors (Lipinski definition) is 6. The van der Waals surface area contributed by atoms with E-state index in [2.05, 4.69) is 45.0 Å². The van der Waals surface area contributed by atoms with Crippen LogP contribution in [0.5, 0.6) is 0 Å². The Morgan fingerprint density at radius 1 is 1.11 bits per heavy atom. The molecule has 19 heteroatoms. The highest BCUT2D eigenvalue weighted by Crippen LogP contribution is 2.43. The largest absolute Gasteiger partial charge is 0.452 e. The fourth-order valence-corrected chi connectivity index (χ4v) is 11.8. The number of esters is 1. The van der Waals surface area contributed by atoms with Crippen molar-refractivity contribution in [3.8, 4) is 0 Å². The molecule has 4 heterocycles. The van der Waals surface area contributed by atoms with Crippen molar-refractivity contribution >= 4 is 83.6 Å². The third-order valence-corrected chi connectivity index (χ3v) is 15.8. The molecule has 0 saturated heterocycles. The highest BCUT2D eigenvalue weighted by atomic mass is 32.3. The van der Waals surface area contributed by atoms with Crippen LogP contribution >= 0.6 is 11.3 Å². The van der Waals surface area contributed by atoms with Gasteiger partial charge in [0.25, 0.3) is 21.8 Å². The monoisotopic (exact) mass is 845 g/mol. The predicted octanol–water partition coefficient (Wildman–Crippen LogP) is 4.31. The first-order valence-corrected chi connectivity index (χ1v) is 22.7. The second-order valence-corrected chi connectivity index (χ2v) is 19.6. The maximum atomic E-state index is 13.1. The summed E-state index contributed by atoms with van der Waals surface area (Å²) >= 11 is 0.564. The number of hydrogen-bond acceptors (Lipinski definition) is 13. The average Bonchev–Trinajstić information content (AvgIpc) is 3.83. The minimum Gasteiger partial charge on any atom is -0.452 e. The third kappa shape index (κ3) is 9.77. The maximum absolute atomic E-state index is 13.1. The minimum atomic E-state index is -4.51. The molecule has 3 aromatic rings. The summed E-state index contributed by atoms with van der Waals surface area (Å²) in [5.74, 6) is -2.89. The summed E-state index contributed by atoms with van der Waals surface area (Å²) < 4.78 is 58.7. The normalized spacial score (nSPS) is 18.5. The van der Waals surface area contributed by atoms with Crippen molar-refractivity contribution in [1.82, 2.24) is 19.9 Å². The van der Waals surface area contributed by atoms with Crippen LogP contribution in [0.1, 0.15) is 88.0 Å². The van der Waals surface area contributed by atoms with Crippen molar-refractivity contribution < 1.29 is 40.8 Å². The van der Waals surface area contributed by atoms with Gasteiger partial charge in [0.05, 0.1) is 22.9 Å². The van der Waals surface area contributed by atoms with Crippen molar-refractivity contribution in [1.29, 1.82) is 0 Å². The number of aromatic amines is 1. The van der Waals surface area contributed by atoms with Crippen LogP contribution in [0.25, 0.3) is 11.6 Å². The lowest BCUT2D eigenvalue weighted by Crippen LogP contribution is -2.39. The molecule has 0 bridgehead atoms. The van der Waals surface area contributed by atoms with E-state index in [-0.39, 0.29) is 33.2 Å². The number of sulfonamides is 1. The number of amides is 3. The summed E-state index contributed by atoms with van der Waals surface area (Å²) in [6, 6.07) is 5.83. The zero-order valence-corrected chi connectivity index (χ0v) is 35.6. The van der Waals surface area contributed by atoms with E-state index in [0.29, 0.717) is 46.0 Å². The number of likely N-dealkylation sites (N-methyl/N-ethyl adjacent to an activating group) is 1. The van der Waals surface area contributed by atoms with Gasteiger partial charge in [-0.15, -0.1) is 11.3 Å². The van der Waals surface area contributed by atoms with Crippen molar-refractivity contribution in [3.05, 3.63) is 52.3 Å². The van der Waals surface area contributed by atoms with Gasteiger partial charge in [-0.05, 0) is 89.7 Å². The van der Waals surface area contributed by atoms with Crippen LogP contribution in [0.3, 0.4) is 0 Å². The van der Waals surface area contributed by atoms with Gasteiger partial charge in [0, 0.05) is 59.4 Å². The molecule has 310 valence electrons. The molecule has 5 rings (SSSR count). The van der Waals surface area contributed by atoms with E-state index < -0.39 is 55.4 Å². The Balaban J connectivity index is 1.16. The summed E-state index contributed by atoms with van der Waals surface area (Å²) in [4.78, 5) is 57.0. The number of carbonyl (C=O) groups is 4. The van der Waals surface area contributed by atoms with Gasteiger partial charge in [0.1, 0.15) is 8.42 Å². The van der Waals surface area contributed by atoms with Gasteiger partial charge in [-0.2, -0.15) is 0 Å². The van der Waals surface area contributed by atoms with Crippen LogP contribution in [0, 0.1) is 13.8 Å². The summed E-state index contributed by atoms with van der Waals surface area (Å²) in [5.41, 5.74) is 5.97. The van der Waals surface area contributed by atoms with E-state index in [1.807, 2.05) is 25.5 Å². The number of aromatic nitrogens is 1. The molecule has 16 nitrogen and oxygen atoms in total. The second kappa shape index (κ2) is 17.9. The summed E-state index contributed by atoms with van der Waals surface area (Å²) in [6.07, 6.45) is -0.216. The molecular weight excluding hydrogens is 795 g/mol. The Labute approximate surface area is 337 Å². The Morgan fingerprint density at radius 2 is 1.82 bits per heavy atom. The molecule has 2 aliphatic heterocycles. The maximum Gasteiger partial charge on any atom is 0.307 e. The van der Waals surface area contributed by atoms with E-state index in [4.69, 9.17) is 4.74 Å². The van der Waals surface area contributed by atoms with E-state index in [9.17, 15) is 36.0 Å². The molecule has 0 fully saturated rings. The van der Waals surface area contributed by atoms with Gasteiger partial charge in [-0.1, -0.05) is 20.8 Å². The lowest BCUT2D eigenvalue weighted by molar-refractivity contribution is -0.154. The van der Waals surface area contributed by atoms with Gasteiger partial charge in [0.15, 0.2) is 15.9 Å². The number of H-pyrrole nitrogens is 1. The molecule has 2 aliphatic rings. The summed E-state index contributed by atoms with van der Waals surface area (Å²) in [5, 5.41) is 11.5. The summed E-state index contributed by atoms with van der Waals surface area (Å²) in [7, 11) is -8.26. The number of ether oxygens (including phenoxy) is 1. The number of carbonyl (C=O) groups excluding carboxylic acids is 4. The second-order valence-electron chi connectivity index (χ2n) is 14.0. The Bertz CT molecular complexity index is 2290. The molecule has 6 N–H and O–H groups in total. The van der Waals surface area contributed by atoms with Gasteiger partial charge >= 0.3 is 5.97 Å². The van der Waals surface area contributed by atoms with Gasteiger partial charge in [-0.25, -0.2) is 21.6 Å². The molecule has 0 aliphatic carbocycles. The minimum absolute atomic E-state index is 0.0648. The van der Waals surface area contributed by atoms with E-state index in [1.54, 1.807) is 31.2 Å². The van der Waals surface area contributed by atoms with E-state index in [1.165, 1.54) is 13.0 Å². The quantitative estimate of drug-likeness (QED) is 0.0826. The number of nitrogens with one attached hydrogen (secondary N) is 6.